The van der Waals surface area contributed by atoms with Gasteiger partial charge < -0.3 is 0 Å². The molecule has 0 fully saturated rings. The van der Waals surface area contributed by atoms with Crippen molar-refractivity contribution in [3.05, 3.63) is 69.8 Å². The molecule has 6 heteroatoms. The van der Waals surface area contributed by atoms with Gasteiger partial charge in [0.2, 0.25) is 5.67 Å². The van der Waals surface area contributed by atoms with Crippen molar-refractivity contribution in [1.29, 1.82) is 0 Å². The van der Waals surface area contributed by atoms with Crippen LogP contribution >= 0.6 is 0 Å². The van der Waals surface area contributed by atoms with Gasteiger partial charge in [0, 0.05) is 11.1 Å². The van der Waals surface area contributed by atoms with Crippen molar-refractivity contribution >= 4 is 0 Å². The average Bonchev–Trinajstić information content (AvgIpc) is 2.50. The molecular weight excluding hydrogens is 342 g/mol. The zero-order valence-electron chi connectivity index (χ0n) is 14.2. The Morgan fingerprint density at radius 1 is 0.600 bits per heavy atom. The molecule has 0 N–H and O–H groups in total. The first-order valence-electron chi connectivity index (χ1n) is 7.62. The summed E-state index contributed by atoms with van der Waals surface area (Å²) in [5.41, 5.74) is -4.39. The topological polar surface area (TPSA) is 0 Å². The highest BCUT2D eigenvalue weighted by Gasteiger charge is 2.73. The summed E-state index contributed by atoms with van der Waals surface area (Å²) < 4.78 is 84.4. The minimum absolute atomic E-state index is 0.0647. The highest BCUT2D eigenvalue weighted by molar-refractivity contribution is 5.50. The van der Waals surface area contributed by atoms with Gasteiger partial charge in [0.25, 0.3) is 0 Å². The van der Waals surface area contributed by atoms with Gasteiger partial charge in [-0.2, -0.15) is 22.0 Å². The van der Waals surface area contributed by atoms with E-state index < -0.39 is 28.9 Å². The first-order chi connectivity index (χ1) is 11.4. The number of halogens is 6. The van der Waals surface area contributed by atoms with Crippen molar-refractivity contribution in [1.82, 2.24) is 0 Å². The van der Waals surface area contributed by atoms with Gasteiger partial charge in [-0.1, -0.05) is 36.4 Å². The molecule has 25 heavy (non-hydrogen) atoms. The number of hydrogen-bond acceptors (Lipinski definition) is 0. The average molecular weight is 360 g/mol. The van der Waals surface area contributed by atoms with Crippen molar-refractivity contribution in [2.75, 3.05) is 0 Å². The number of alkyl halides is 6. The molecule has 0 saturated heterocycles. The molecule has 0 aliphatic rings. The lowest BCUT2D eigenvalue weighted by atomic mass is 9.77. The Morgan fingerprint density at radius 2 is 0.960 bits per heavy atom. The van der Waals surface area contributed by atoms with Gasteiger partial charge in [-0.15, -0.1) is 0 Å². The fraction of sp³-hybridized carbons (Fsp3) is 0.368. The van der Waals surface area contributed by atoms with E-state index in [1.807, 2.05) is 0 Å². The lowest BCUT2D eigenvalue weighted by molar-refractivity contribution is -0.323. The summed E-state index contributed by atoms with van der Waals surface area (Å²) in [6, 6.07) is 7.61. The second-order valence-electron chi connectivity index (χ2n) is 6.23. The molecule has 0 saturated carbocycles. The SMILES string of the molecule is Cc1cccc(C(F)(c2cccc(C)c2C)C(F)(F)C(F)(F)F)c1C. The van der Waals surface area contributed by atoms with E-state index in [1.54, 1.807) is 0 Å². The molecule has 2 aromatic carbocycles. The summed E-state index contributed by atoms with van der Waals surface area (Å²) in [7, 11) is 0. The monoisotopic (exact) mass is 360 g/mol. The Bertz CT molecular complexity index is 737. The molecule has 0 aliphatic carbocycles. The van der Waals surface area contributed by atoms with Crippen LogP contribution in [0.15, 0.2) is 36.4 Å². The van der Waals surface area contributed by atoms with Crippen LogP contribution < -0.4 is 0 Å². The van der Waals surface area contributed by atoms with Crippen molar-refractivity contribution in [3.8, 4) is 0 Å². The molecule has 0 nitrogen and oxygen atoms in total. The molecule has 0 aliphatic heterocycles. The third-order valence-electron chi connectivity index (χ3n) is 4.74. The van der Waals surface area contributed by atoms with E-state index in [0.717, 1.165) is 12.1 Å². The van der Waals surface area contributed by atoms with E-state index in [4.69, 9.17) is 0 Å². The van der Waals surface area contributed by atoms with E-state index in [0.29, 0.717) is 11.1 Å². The van der Waals surface area contributed by atoms with Crippen molar-refractivity contribution in [3.63, 3.8) is 0 Å². The predicted octanol–water partition coefficient (Wildman–Crippen LogP) is 6.33. The smallest absolute Gasteiger partial charge is 0.226 e. The summed E-state index contributed by atoms with van der Waals surface area (Å²) in [5, 5.41) is 0. The zero-order valence-corrected chi connectivity index (χ0v) is 14.2. The fourth-order valence-corrected chi connectivity index (χ4v) is 2.93. The minimum atomic E-state index is -6.05. The third-order valence-corrected chi connectivity index (χ3v) is 4.74. The van der Waals surface area contributed by atoms with E-state index in [9.17, 15) is 22.0 Å². The van der Waals surface area contributed by atoms with Crippen LogP contribution in [0.1, 0.15) is 33.4 Å². The number of hydrogen-bond donors (Lipinski definition) is 0. The summed E-state index contributed by atoms with van der Waals surface area (Å²) in [4.78, 5) is 0. The Hall–Kier alpha value is -1.98. The Balaban J connectivity index is 2.96. The number of rotatable bonds is 3. The van der Waals surface area contributed by atoms with Gasteiger partial charge in [0.05, 0.1) is 0 Å². The maximum Gasteiger partial charge on any atom is 0.457 e. The van der Waals surface area contributed by atoms with E-state index in [-0.39, 0.29) is 11.1 Å². The van der Waals surface area contributed by atoms with Crippen molar-refractivity contribution in [2.24, 2.45) is 0 Å². The molecule has 0 heterocycles. The van der Waals surface area contributed by atoms with Crippen molar-refractivity contribution < 1.29 is 26.3 Å². The van der Waals surface area contributed by atoms with Crippen LogP contribution in [0.5, 0.6) is 0 Å². The summed E-state index contributed by atoms with van der Waals surface area (Å²) in [5.74, 6) is -5.60. The number of aryl methyl sites for hydroxylation is 2. The molecule has 0 aromatic heterocycles. The predicted molar refractivity (Wildman–Crippen MR) is 84.7 cm³/mol. The molecular formula is C19H18F6. The van der Waals surface area contributed by atoms with Crippen LogP contribution in [0.2, 0.25) is 0 Å². The lowest BCUT2D eigenvalue weighted by Crippen LogP contribution is -2.53. The summed E-state index contributed by atoms with van der Waals surface area (Å²) >= 11 is 0. The normalized spacial score (nSPS) is 13.2. The molecule has 136 valence electrons. The molecule has 2 rings (SSSR count). The second kappa shape index (κ2) is 6.07. The maximum atomic E-state index is 15.9. The van der Waals surface area contributed by atoms with Crippen molar-refractivity contribution in [2.45, 2.75) is 45.5 Å². The molecule has 0 amide bonds. The Kier molecular flexibility index (Phi) is 4.70. The van der Waals surface area contributed by atoms with Gasteiger partial charge in [-0.3, -0.25) is 0 Å². The van der Waals surface area contributed by atoms with Crippen LogP contribution in [0.25, 0.3) is 0 Å². The summed E-state index contributed by atoms with van der Waals surface area (Å²) in [6.07, 6.45) is -6.05. The van der Waals surface area contributed by atoms with Crippen LogP contribution in [0.3, 0.4) is 0 Å². The Morgan fingerprint density at radius 3 is 1.28 bits per heavy atom. The van der Waals surface area contributed by atoms with Crippen LogP contribution in [0, 0.1) is 27.7 Å². The van der Waals surface area contributed by atoms with Crippen LogP contribution in [-0.4, -0.2) is 12.1 Å². The van der Waals surface area contributed by atoms with Gasteiger partial charge in [0.1, 0.15) is 0 Å². The molecule has 0 atom stereocenters. The highest BCUT2D eigenvalue weighted by Crippen LogP contribution is 2.55. The van der Waals surface area contributed by atoms with Gasteiger partial charge in [0.15, 0.2) is 0 Å². The van der Waals surface area contributed by atoms with Crippen LogP contribution in [-0.2, 0) is 5.67 Å². The minimum Gasteiger partial charge on any atom is -0.226 e. The maximum absolute atomic E-state index is 15.9. The van der Waals surface area contributed by atoms with E-state index >= 15 is 4.39 Å². The summed E-state index contributed by atoms with van der Waals surface area (Å²) in [6.45, 7) is 5.76. The molecule has 0 unspecified atom stereocenters. The standard InChI is InChI=1S/C19H18F6/c1-11-7-5-9-15(13(11)3)17(20,18(21,22)19(23,24)25)16-10-6-8-12(2)14(16)4/h5-10H,1-4H3. The molecule has 0 radical (unpaired) electrons. The van der Waals surface area contributed by atoms with Gasteiger partial charge in [-0.05, 0) is 49.9 Å². The highest BCUT2D eigenvalue weighted by atomic mass is 19.4. The van der Waals surface area contributed by atoms with E-state index in [1.165, 1.54) is 52.0 Å². The Labute approximate surface area is 142 Å². The number of benzene rings is 2. The molecule has 2 aromatic rings. The van der Waals surface area contributed by atoms with Crippen LogP contribution in [0.4, 0.5) is 26.3 Å². The molecule has 0 bridgehead atoms. The third kappa shape index (κ3) is 2.81. The van der Waals surface area contributed by atoms with E-state index in [2.05, 4.69) is 0 Å². The zero-order chi connectivity index (χ0) is 19.2. The largest absolute Gasteiger partial charge is 0.457 e. The van der Waals surface area contributed by atoms with Gasteiger partial charge in [-0.25, -0.2) is 4.39 Å². The first-order valence-corrected chi connectivity index (χ1v) is 7.62. The quantitative estimate of drug-likeness (QED) is 0.561. The lowest BCUT2D eigenvalue weighted by Gasteiger charge is -2.37. The fourth-order valence-electron chi connectivity index (χ4n) is 2.93. The first kappa shape index (κ1) is 19.3. The molecule has 0 spiro atoms. The second-order valence-corrected chi connectivity index (χ2v) is 6.23. The van der Waals surface area contributed by atoms with Gasteiger partial charge >= 0.3 is 12.1 Å².